The van der Waals surface area contributed by atoms with Crippen LogP contribution in [0.3, 0.4) is 0 Å². The minimum absolute atomic E-state index is 0.0286. The van der Waals surface area contributed by atoms with Crippen LogP contribution in [-0.4, -0.2) is 8.80 Å². The van der Waals surface area contributed by atoms with E-state index >= 15 is 0 Å². The molecule has 0 fully saturated rings. The third-order valence-electron chi connectivity index (χ3n) is 5.12. The van der Waals surface area contributed by atoms with Crippen LogP contribution < -0.4 is 5.56 Å². The Labute approximate surface area is 136 Å². The summed E-state index contributed by atoms with van der Waals surface area (Å²) >= 11 is 0. The Kier molecular flexibility index (Phi) is 2.00. The monoisotopic (exact) mass is 308 g/mol. The number of nitrogens with zero attached hydrogens (tertiary/aromatic N) is 2. The van der Waals surface area contributed by atoms with Crippen LogP contribution in [0.25, 0.3) is 43.5 Å². The van der Waals surface area contributed by atoms with Crippen LogP contribution in [0, 0.1) is 0 Å². The second-order valence-electron chi connectivity index (χ2n) is 6.26. The first-order chi connectivity index (χ1) is 11.8. The first kappa shape index (κ1) is 12.1. The van der Waals surface area contributed by atoms with Crippen molar-refractivity contribution in [3.05, 3.63) is 83.4 Å². The maximum absolute atomic E-state index is 13.1. The van der Waals surface area contributed by atoms with Crippen molar-refractivity contribution in [2.45, 2.75) is 0 Å². The number of fused-ring (bicyclic) bond motifs is 5. The lowest BCUT2D eigenvalue weighted by atomic mass is 10.0. The maximum atomic E-state index is 13.1. The van der Waals surface area contributed by atoms with Gasteiger partial charge in [0.15, 0.2) is 0 Å². The van der Waals surface area contributed by atoms with Crippen molar-refractivity contribution in [3.63, 3.8) is 0 Å². The zero-order valence-electron chi connectivity index (χ0n) is 12.7. The molecule has 0 atom stereocenters. The first-order valence-corrected chi connectivity index (χ1v) is 8.01. The molecule has 6 rings (SSSR count). The molecule has 0 aliphatic rings. The van der Waals surface area contributed by atoms with Gasteiger partial charge >= 0.3 is 0 Å². The van der Waals surface area contributed by atoms with E-state index in [1.807, 2.05) is 30.5 Å². The van der Waals surface area contributed by atoms with Gasteiger partial charge < -0.3 is 4.40 Å². The van der Waals surface area contributed by atoms with Gasteiger partial charge in [-0.15, -0.1) is 0 Å². The van der Waals surface area contributed by atoms with Crippen LogP contribution in [0.5, 0.6) is 0 Å². The lowest BCUT2D eigenvalue weighted by Crippen LogP contribution is -2.08. The summed E-state index contributed by atoms with van der Waals surface area (Å²) in [7, 11) is 0. The molecule has 3 nitrogen and oxygen atoms in total. The van der Waals surface area contributed by atoms with E-state index in [0.29, 0.717) is 0 Å². The van der Waals surface area contributed by atoms with E-state index < -0.39 is 0 Å². The molecule has 0 bridgehead atoms. The predicted molar refractivity (Wildman–Crippen MR) is 98.3 cm³/mol. The van der Waals surface area contributed by atoms with Gasteiger partial charge in [-0.25, -0.2) is 0 Å². The molecule has 112 valence electrons. The molecule has 24 heavy (non-hydrogen) atoms. The zero-order valence-corrected chi connectivity index (χ0v) is 12.7. The number of hydrogen-bond donors (Lipinski definition) is 0. The lowest BCUT2D eigenvalue weighted by Gasteiger charge is -2.04. The molecule has 0 radical (unpaired) electrons. The van der Waals surface area contributed by atoms with Crippen molar-refractivity contribution in [1.82, 2.24) is 8.80 Å². The van der Waals surface area contributed by atoms with Gasteiger partial charge in [-0.05, 0) is 35.0 Å². The highest BCUT2D eigenvalue weighted by Gasteiger charge is 2.16. The summed E-state index contributed by atoms with van der Waals surface area (Å²) in [4.78, 5) is 13.1. The Hall–Kier alpha value is -3.33. The molecule has 0 saturated heterocycles. The van der Waals surface area contributed by atoms with Crippen molar-refractivity contribution in [2.75, 3.05) is 0 Å². The molecule has 0 spiro atoms. The highest BCUT2D eigenvalue weighted by molar-refractivity contribution is 6.24. The number of rotatable bonds is 0. The van der Waals surface area contributed by atoms with E-state index in [1.165, 1.54) is 16.2 Å². The Morgan fingerprint density at radius 2 is 1.08 bits per heavy atom. The number of hydrogen-bond acceptors (Lipinski definition) is 1. The highest BCUT2D eigenvalue weighted by atomic mass is 16.1. The van der Waals surface area contributed by atoms with E-state index in [2.05, 4.69) is 47.0 Å². The summed E-state index contributed by atoms with van der Waals surface area (Å²) in [6.45, 7) is 0. The molecule has 0 aliphatic carbocycles. The molecule has 0 N–H and O–H groups in total. The Morgan fingerprint density at radius 1 is 0.542 bits per heavy atom. The third kappa shape index (κ3) is 1.24. The summed E-state index contributed by atoms with van der Waals surface area (Å²) < 4.78 is 3.95. The summed E-state index contributed by atoms with van der Waals surface area (Å²) in [5.74, 6) is 0. The topological polar surface area (TPSA) is 25.9 Å². The predicted octanol–water partition coefficient (Wildman–Crippen LogP) is 4.45. The Bertz CT molecular complexity index is 1470. The molecule has 0 saturated carbocycles. The maximum Gasteiger partial charge on any atom is 0.264 e. The average Bonchev–Trinajstić information content (AvgIpc) is 3.23. The third-order valence-corrected chi connectivity index (χ3v) is 5.12. The Balaban J connectivity index is 2.17. The quantitative estimate of drug-likeness (QED) is 0.407. The Morgan fingerprint density at radius 3 is 1.79 bits per heavy atom. The van der Waals surface area contributed by atoms with E-state index in [1.54, 1.807) is 4.40 Å². The molecule has 3 heteroatoms. The van der Waals surface area contributed by atoms with Gasteiger partial charge in [-0.2, -0.15) is 0 Å². The van der Waals surface area contributed by atoms with Crippen molar-refractivity contribution >= 4 is 43.5 Å². The molecular weight excluding hydrogens is 296 g/mol. The molecule has 6 aromatic rings. The van der Waals surface area contributed by atoms with Crippen molar-refractivity contribution < 1.29 is 0 Å². The normalized spacial score (nSPS) is 12.3. The van der Waals surface area contributed by atoms with Crippen molar-refractivity contribution in [3.8, 4) is 0 Å². The highest BCUT2D eigenvalue weighted by Crippen LogP contribution is 2.36. The zero-order chi connectivity index (χ0) is 15.8. The fraction of sp³-hybridized carbons (Fsp3) is 0. The van der Waals surface area contributed by atoms with Crippen LogP contribution in [-0.2, 0) is 0 Å². The molecule has 3 heterocycles. The van der Waals surface area contributed by atoms with Crippen LogP contribution in [0.4, 0.5) is 0 Å². The van der Waals surface area contributed by atoms with E-state index in [-0.39, 0.29) is 5.56 Å². The largest absolute Gasteiger partial charge is 0.314 e. The summed E-state index contributed by atoms with van der Waals surface area (Å²) in [6.07, 6.45) is 3.98. The number of para-hydroxylation sites is 1. The van der Waals surface area contributed by atoms with Gasteiger partial charge in [0.25, 0.3) is 5.56 Å². The van der Waals surface area contributed by atoms with Crippen LogP contribution in [0.15, 0.2) is 77.9 Å². The summed E-state index contributed by atoms with van der Waals surface area (Å²) in [6, 6.07) is 20.4. The summed E-state index contributed by atoms with van der Waals surface area (Å²) in [5, 5.41) is 5.45. The molecule has 3 aromatic carbocycles. The summed E-state index contributed by atoms with van der Waals surface area (Å²) in [5.41, 5.74) is 3.07. The van der Waals surface area contributed by atoms with Gasteiger partial charge in [0.05, 0.1) is 21.9 Å². The van der Waals surface area contributed by atoms with E-state index in [0.717, 1.165) is 27.3 Å². The number of benzene rings is 3. The van der Waals surface area contributed by atoms with Gasteiger partial charge in [0, 0.05) is 23.2 Å². The van der Waals surface area contributed by atoms with Crippen LogP contribution >= 0.6 is 0 Å². The molecular formula is C21H12N2O. The van der Waals surface area contributed by atoms with Crippen molar-refractivity contribution in [2.24, 2.45) is 0 Å². The second-order valence-corrected chi connectivity index (χ2v) is 6.26. The number of aromatic nitrogens is 2. The second kappa shape index (κ2) is 3.95. The minimum atomic E-state index is 0.0286. The van der Waals surface area contributed by atoms with E-state index in [4.69, 9.17) is 0 Å². The molecule has 0 unspecified atom stereocenters. The van der Waals surface area contributed by atoms with Crippen LogP contribution in [0.2, 0.25) is 0 Å². The van der Waals surface area contributed by atoms with Gasteiger partial charge in [0.1, 0.15) is 0 Å². The van der Waals surface area contributed by atoms with Crippen molar-refractivity contribution in [1.29, 1.82) is 0 Å². The van der Waals surface area contributed by atoms with Gasteiger partial charge in [0.2, 0.25) is 0 Å². The SMILES string of the molecule is O=c1c2ccccc2n2ccc3c4ccccc4c4ccn1c4c32. The smallest absolute Gasteiger partial charge is 0.264 e. The standard InChI is InChI=1S/C21H12N2O/c24-21-17-7-3-4-8-18(17)22-11-9-15-13-5-1-2-6-14(13)16-10-12-23(21)20(16)19(15)22/h1-12H. The van der Waals surface area contributed by atoms with E-state index in [9.17, 15) is 4.79 Å². The molecule has 3 aromatic heterocycles. The fourth-order valence-corrected chi connectivity index (χ4v) is 4.10. The minimum Gasteiger partial charge on any atom is -0.314 e. The molecule has 0 aliphatic heterocycles. The first-order valence-electron chi connectivity index (χ1n) is 8.01. The van der Waals surface area contributed by atoms with Gasteiger partial charge in [-0.1, -0.05) is 36.4 Å². The average molecular weight is 308 g/mol. The lowest BCUT2D eigenvalue weighted by molar-refractivity contribution is 1.16. The molecule has 0 amide bonds. The van der Waals surface area contributed by atoms with Gasteiger partial charge in [-0.3, -0.25) is 9.20 Å². The van der Waals surface area contributed by atoms with Crippen LogP contribution in [0.1, 0.15) is 0 Å². The fourth-order valence-electron chi connectivity index (χ4n) is 4.10.